The van der Waals surface area contributed by atoms with Crippen molar-refractivity contribution < 1.29 is 9.53 Å². The fourth-order valence-corrected chi connectivity index (χ4v) is 4.51. The van der Waals surface area contributed by atoms with Crippen LogP contribution in [0.2, 0.25) is 18.1 Å². The predicted octanol–water partition coefficient (Wildman–Crippen LogP) is 5.39. The zero-order valence-corrected chi connectivity index (χ0v) is 17.0. The molecule has 0 bridgehead atoms. The van der Waals surface area contributed by atoms with Crippen molar-refractivity contribution in [2.75, 3.05) is 0 Å². The maximum absolute atomic E-state index is 10.8. The van der Waals surface area contributed by atoms with Crippen LogP contribution in [0.5, 0.6) is 0 Å². The summed E-state index contributed by atoms with van der Waals surface area (Å²) in [4.78, 5) is 0. The molecule has 3 heteroatoms. The largest absolute Gasteiger partial charge is 0.413 e. The van der Waals surface area contributed by atoms with Gasteiger partial charge in [0.2, 0.25) is 0 Å². The molecule has 0 radical (unpaired) electrons. The van der Waals surface area contributed by atoms with Crippen LogP contribution in [0.25, 0.3) is 0 Å². The topological polar surface area (TPSA) is 29.5 Å². The van der Waals surface area contributed by atoms with Crippen LogP contribution in [0.4, 0.5) is 0 Å². The maximum Gasteiger partial charge on any atom is 0.192 e. The first-order valence-electron chi connectivity index (χ1n) is 9.05. The molecule has 0 spiro atoms. The summed E-state index contributed by atoms with van der Waals surface area (Å²) in [6.07, 6.45) is 7.81. The first-order chi connectivity index (χ1) is 10.0. The van der Waals surface area contributed by atoms with Gasteiger partial charge in [0.15, 0.2) is 8.32 Å². The summed E-state index contributed by atoms with van der Waals surface area (Å²) in [6.45, 7) is 18.1. The quantitative estimate of drug-likeness (QED) is 0.542. The van der Waals surface area contributed by atoms with E-state index in [1.54, 1.807) is 0 Å². The Balaban J connectivity index is 2.91. The van der Waals surface area contributed by atoms with E-state index in [0.717, 1.165) is 6.42 Å². The lowest BCUT2D eigenvalue weighted by atomic mass is 9.85. The van der Waals surface area contributed by atoms with Gasteiger partial charge < -0.3 is 9.53 Å². The molecule has 1 rings (SSSR count). The molecule has 130 valence electrons. The number of unbranched alkanes of at least 4 members (excludes halogenated alkanes) is 1. The van der Waals surface area contributed by atoms with Gasteiger partial charge in [-0.25, -0.2) is 0 Å². The fourth-order valence-electron chi connectivity index (χ4n) is 3.04. The molecular weight excluding hydrogens is 288 g/mol. The van der Waals surface area contributed by atoms with E-state index in [1.807, 2.05) is 0 Å². The smallest absolute Gasteiger partial charge is 0.192 e. The molecule has 0 fully saturated rings. The highest BCUT2D eigenvalue weighted by Crippen LogP contribution is 2.41. The minimum atomic E-state index is -1.82. The van der Waals surface area contributed by atoms with Gasteiger partial charge in [-0.3, -0.25) is 0 Å². The van der Waals surface area contributed by atoms with Crippen LogP contribution in [0.3, 0.4) is 0 Å². The van der Waals surface area contributed by atoms with Gasteiger partial charge in [-0.05, 0) is 30.5 Å². The Kier molecular flexibility index (Phi) is 6.91. The molecule has 5 atom stereocenters. The summed E-state index contributed by atoms with van der Waals surface area (Å²) in [5.74, 6) is 0.830. The minimum Gasteiger partial charge on any atom is -0.413 e. The Labute approximate surface area is 139 Å². The molecule has 1 aliphatic carbocycles. The second-order valence-electron chi connectivity index (χ2n) is 8.74. The van der Waals surface area contributed by atoms with E-state index in [9.17, 15) is 5.11 Å². The fraction of sp³-hybridized carbons (Fsp3) is 0.895. The van der Waals surface area contributed by atoms with Crippen LogP contribution < -0.4 is 0 Å². The monoisotopic (exact) mass is 326 g/mol. The molecule has 0 aliphatic heterocycles. The van der Waals surface area contributed by atoms with Crippen molar-refractivity contribution in [3.05, 3.63) is 12.2 Å². The first kappa shape index (κ1) is 19.9. The van der Waals surface area contributed by atoms with Crippen molar-refractivity contribution in [2.45, 2.75) is 91.1 Å². The molecule has 0 aromatic rings. The zero-order valence-electron chi connectivity index (χ0n) is 16.0. The standard InChI is InChI=1S/C19H38O2Si/c1-9-10-11-16-13-12-14(2)18(15(3)17(16)20)21-22(7,8)19(4,5)6/h12-18,20H,9-11H2,1-8H3/t14-,15+,16-,17+,18-/m1/s1. The average Bonchev–Trinajstić information content (AvgIpc) is 2.49. The molecular formula is C19H38O2Si. The Morgan fingerprint density at radius 1 is 1.14 bits per heavy atom. The third kappa shape index (κ3) is 4.69. The molecule has 1 aliphatic rings. The van der Waals surface area contributed by atoms with Crippen molar-refractivity contribution in [1.82, 2.24) is 0 Å². The highest BCUT2D eigenvalue weighted by atomic mass is 28.4. The van der Waals surface area contributed by atoms with E-state index in [0.29, 0.717) is 5.92 Å². The molecule has 1 N–H and O–H groups in total. The summed E-state index contributed by atoms with van der Waals surface area (Å²) in [5, 5.41) is 11.0. The Morgan fingerprint density at radius 2 is 1.73 bits per heavy atom. The molecule has 0 unspecified atom stereocenters. The van der Waals surface area contributed by atoms with Crippen LogP contribution in [0.15, 0.2) is 12.2 Å². The van der Waals surface area contributed by atoms with Gasteiger partial charge in [0.25, 0.3) is 0 Å². The summed E-state index contributed by atoms with van der Waals surface area (Å²) >= 11 is 0. The van der Waals surface area contributed by atoms with Gasteiger partial charge in [0.1, 0.15) is 0 Å². The summed E-state index contributed by atoms with van der Waals surface area (Å²) in [7, 11) is -1.82. The maximum atomic E-state index is 10.8. The van der Waals surface area contributed by atoms with E-state index in [-0.39, 0.29) is 29.1 Å². The number of hydrogen-bond acceptors (Lipinski definition) is 2. The molecule has 0 aromatic carbocycles. The second-order valence-corrected chi connectivity index (χ2v) is 13.5. The predicted molar refractivity (Wildman–Crippen MR) is 98.6 cm³/mol. The van der Waals surface area contributed by atoms with E-state index in [4.69, 9.17) is 4.43 Å². The lowest BCUT2D eigenvalue weighted by Crippen LogP contribution is -2.49. The van der Waals surface area contributed by atoms with Crippen molar-refractivity contribution >= 4 is 8.32 Å². The SMILES string of the molecule is CCCC[C@@H]1C=C[C@@H](C)[C@@H](O[Si](C)(C)C(C)(C)C)[C@@H](C)[C@@H]1O. The van der Waals surface area contributed by atoms with Crippen molar-refractivity contribution in [2.24, 2.45) is 17.8 Å². The van der Waals surface area contributed by atoms with Crippen molar-refractivity contribution in [3.63, 3.8) is 0 Å². The van der Waals surface area contributed by atoms with Gasteiger partial charge in [-0.1, -0.05) is 66.5 Å². The lowest BCUT2D eigenvalue weighted by Gasteiger charge is -2.43. The van der Waals surface area contributed by atoms with Crippen LogP contribution in [0, 0.1) is 17.8 Å². The van der Waals surface area contributed by atoms with Crippen LogP contribution >= 0.6 is 0 Å². The molecule has 2 nitrogen and oxygen atoms in total. The van der Waals surface area contributed by atoms with Gasteiger partial charge in [0.05, 0.1) is 12.2 Å². The van der Waals surface area contributed by atoms with Crippen molar-refractivity contribution in [3.8, 4) is 0 Å². The zero-order chi connectivity index (χ0) is 17.1. The molecule has 0 amide bonds. The molecule has 0 saturated heterocycles. The minimum absolute atomic E-state index is 0.124. The van der Waals surface area contributed by atoms with Gasteiger partial charge >= 0.3 is 0 Å². The number of rotatable bonds is 5. The third-order valence-electron chi connectivity index (χ3n) is 5.80. The van der Waals surface area contributed by atoms with E-state index < -0.39 is 8.32 Å². The summed E-state index contributed by atoms with van der Waals surface area (Å²) in [5.41, 5.74) is 0. The Bertz CT molecular complexity index is 370. The van der Waals surface area contributed by atoms with Crippen LogP contribution in [-0.2, 0) is 4.43 Å². The number of aliphatic hydroxyl groups is 1. The van der Waals surface area contributed by atoms with Gasteiger partial charge in [0, 0.05) is 11.8 Å². The third-order valence-corrected chi connectivity index (χ3v) is 10.3. The number of hydrogen-bond donors (Lipinski definition) is 1. The second kappa shape index (κ2) is 7.63. The Morgan fingerprint density at radius 3 is 2.23 bits per heavy atom. The van der Waals surface area contributed by atoms with Gasteiger partial charge in [-0.15, -0.1) is 0 Å². The highest BCUT2D eigenvalue weighted by molar-refractivity contribution is 6.74. The highest BCUT2D eigenvalue weighted by Gasteiger charge is 2.43. The van der Waals surface area contributed by atoms with Gasteiger partial charge in [-0.2, -0.15) is 0 Å². The van der Waals surface area contributed by atoms with Crippen LogP contribution in [-0.4, -0.2) is 25.6 Å². The molecule has 0 saturated carbocycles. The normalized spacial score (nSPS) is 33.8. The van der Waals surface area contributed by atoms with E-state index >= 15 is 0 Å². The van der Waals surface area contributed by atoms with Crippen molar-refractivity contribution in [1.29, 1.82) is 0 Å². The number of aliphatic hydroxyl groups excluding tert-OH is 1. The van der Waals surface area contributed by atoms with Crippen LogP contribution in [0.1, 0.15) is 60.8 Å². The summed E-state index contributed by atoms with van der Waals surface area (Å²) < 4.78 is 6.70. The Hall–Kier alpha value is -0.123. The molecule has 22 heavy (non-hydrogen) atoms. The first-order valence-corrected chi connectivity index (χ1v) is 12.0. The molecule has 0 aromatic heterocycles. The molecule has 0 heterocycles. The average molecular weight is 327 g/mol. The van der Waals surface area contributed by atoms with E-state index in [2.05, 4.69) is 66.8 Å². The summed E-state index contributed by atoms with van der Waals surface area (Å²) in [6, 6.07) is 0. The van der Waals surface area contributed by atoms with E-state index in [1.165, 1.54) is 12.8 Å². The lowest BCUT2D eigenvalue weighted by molar-refractivity contribution is -0.00422.